The van der Waals surface area contributed by atoms with Crippen molar-refractivity contribution < 1.29 is 4.79 Å². The van der Waals surface area contributed by atoms with Crippen LogP contribution >= 0.6 is 0 Å². The largest absolute Gasteiger partial charge is 0.346 e. The predicted octanol–water partition coefficient (Wildman–Crippen LogP) is 1.91. The first-order valence-corrected chi connectivity index (χ1v) is 8.14. The average Bonchev–Trinajstić information content (AvgIpc) is 2.94. The number of amides is 1. The maximum absolute atomic E-state index is 11.4. The minimum absolute atomic E-state index is 0.219. The van der Waals surface area contributed by atoms with Gasteiger partial charge in [0.25, 0.3) is 0 Å². The van der Waals surface area contributed by atoms with Crippen molar-refractivity contribution in [1.29, 1.82) is 0 Å². The van der Waals surface area contributed by atoms with Gasteiger partial charge in [0.05, 0.1) is 0 Å². The van der Waals surface area contributed by atoms with Crippen LogP contribution in [0.25, 0.3) is 0 Å². The topological polar surface area (TPSA) is 52.2 Å². The number of hydrogen-bond donors (Lipinski definition) is 1. The molecular weight excluding hydrogens is 264 g/mol. The highest BCUT2D eigenvalue weighted by molar-refractivity contribution is 5.73. The van der Waals surface area contributed by atoms with E-state index < -0.39 is 0 Å². The van der Waals surface area contributed by atoms with E-state index in [-0.39, 0.29) is 5.91 Å². The number of aromatic nitrogens is 2. The van der Waals surface area contributed by atoms with Gasteiger partial charge in [-0.05, 0) is 39.2 Å². The number of piperidine rings is 2. The Hall–Kier alpha value is -1.36. The molecule has 1 atom stereocenters. The van der Waals surface area contributed by atoms with Crippen LogP contribution in [0.15, 0.2) is 6.20 Å². The van der Waals surface area contributed by atoms with Gasteiger partial charge in [-0.1, -0.05) is 0 Å². The van der Waals surface area contributed by atoms with Crippen LogP contribution in [-0.4, -0.2) is 57.9 Å². The van der Waals surface area contributed by atoms with Crippen molar-refractivity contribution in [1.82, 2.24) is 19.8 Å². The SMILES string of the molecule is CC(=O)N1CCC(N2CCCC(c3ncc(C)[nH]3)C2)CC1. The van der Waals surface area contributed by atoms with Gasteiger partial charge in [0, 0.05) is 50.4 Å². The zero-order valence-corrected chi connectivity index (χ0v) is 13.1. The van der Waals surface area contributed by atoms with Crippen molar-refractivity contribution in [3.05, 3.63) is 17.7 Å². The van der Waals surface area contributed by atoms with Gasteiger partial charge >= 0.3 is 0 Å². The summed E-state index contributed by atoms with van der Waals surface area (Å²) in [6.07, 6.45) is 6.64. The van der Waals surface area contributed by atoms with Crippen molar-refractivity contribution in [2.45, 2.75) is 51.5 Å². The molecule has 2 aliphatic heterocycles. The molecule has 0 aromatic carbocycles. The summed E-state index contributed by atoms with van der Waals surface area (Å²) >= 11 is 0. The quantitative estimate of drug-likeness (QED) is 0.905. The molecule has 5 nitrogen and oxygen atoms in total. The van der Waals surface area contributed by atoms with E-state index >= 15 is 0 Å². The molecule has 1 amide bonds. The lowest BCUT2D eigenvalue weighted by atomic mass is 9.93. The van der Waals surface area contributed by atoms with E-state index in [0.717, 1.165) is 44.0 Å². The number of carbonyl (C=O) groups excluding carboxylic acids is 1. The van der Waals surface area contributed by atoms with Gasteiger partial charge in [-0.2, -0.15) is 0 Å². The van der Waals surface area contributed by atoms with Gasteiger partial charge < -0.3 is 9.88 Å². The summed E-state index contributed by atoms with van der Waals surface area (Å²) < 4.78 is 0. The van der Waals surface area contributed by atoms with Crippen molar-refractivity contribution in [3.8, 4) is 0 Å². The summed E-state index contributed by atoms with van der Waals surface area (Å²) in [6, 6.07) is 0.638. The maximum atomic E-state index is 11.4. The van der Waals surface area contributed by atoms with Gasteiger partial charge in [-0.3, -0.25) is 9.69 Å². The number of likely N-dealkylation sites (tertiary alicyclic amines) is 2. The van der Waals surface area contributed by atoms with Crippen LogP contribution in [0, 0.1) is 6.92 Å². The van der Waals surface area contributed by atoms with E-state index in [2.05, 4.69) is 21.8 Å². The van der Waals surface area contributed by atoms with E-state index in [4.69, 9.17) is 0 Å². The monoisotopic (exact) mass is 290 g/mol. The lowest BCUT2D eigenvalue weighted by molar-refractivity contribution is -0.130. The number of carbonyl (C=O) groups is 1. The molecule has 5 heteroatoms. The Morgan fingerprint density at radius 2 is 2.05 bits per heavy atom. The Morgan fingerprint density at radius 1 is 1.29 bits per heavy atom. The summed E-state index contributed by atoms with van der Waals surface area (Å²) in [6.45, 7) is 7.88. The van der Waals surface area contributed by atoms with Crippen LogP contribution < -0.4 is 0 Å². The Labute approximate surface area is 126 Å². The van der Waals surface area contributed by atoms with Crippen molar-refractivity contribution in [3.63, 3.8) is 0 Å². The zero-order chi connectivity index (χ0) is 14.8. The fourth-order valence-corrected chi connectivity index (χ4v) is 3.75. The molecule has 3 rings (SSSR count). The third-order valence-corrected chi connectivity index (χ3v) is 4.99. The standard InChI is InChI=1S/C16H26N4O/c1-12-10-17-16(18-12)14-4-3-7-20(11-14)15-5-8-19(9-6-15)13(2)21/h10,14-15H,3-9,11H2,1-2H3,(H,17,18). The number of nitrogens with zero attached hydrogens (tertiary/aromatic N) is 3. The van der Waals surface area contributed by atoms with E-state index in [1.165, 1.54) is 19.4 Å². The number of aromatic amines is 1. The smallest absolute Gasteiger partial charge is 0.219 e. The first-order valence-electron chi connectivity index (χ1n) is 8.14. The van der Waals surface area contributed by atoms with Crippen LogP contribution in [-0.2, 0) is 4.79 Å². The van der Waals surface area contributed by atoms with Crippen molar-refractivity contribution in [2.24, 2.45) is 0 Å². The van der Waals surface area contributed by atoms with Gasteiger partial charge in [-0.25, -0.2) is 4.98 Å². The number of aryl methyl sites for hydroxylation is 1. The molecule has 0 saturated carbocycles. The fraction of sp³-hybridized carbons (Fsp3) is 0.750. The molecule has 1 aromatic rings. The third-order valence-electron chi connectivity index (χ3n) is 4.99. The Bertz CT molecular complexity index is 490. The highest BCUT2D eigenvalue weighted by atomic mass is 16.2. The molecule has 2 fully saturated rings. The number of hydrogen-bond acceptors (Lipinski definition) is 3. The molecule has 0 radical (unpaired) electrons. The summed E-state index contributed by atoms with van der Waals surface area (Å²) in [5.41, 5.74) is 1.15. The molecule has 1 N–H and O–H groups in total. The van der Waals surface area contributed by atoms with Gasteiger partial charge in [0.15, 0.2) is 0 Å². The van der Waals surface area contributed by atoms with Crippen LogP contribution in [0.4, 0.5) is 0 Å². The van der Waals surface area contributed by atoms with Crippen molar-refractivity contribution >= 4 is 5.91 Å². The van der Waals surface area contributed by atoms with Gasteiger partial charge in [-0.15, -0.1) is 0 Å². The molecule has 21 heavy (non-hydrogen) atoms. The van der Waals surface area contributed by atoms with Crippen LogP contribution in [0.5, 0.6) is 0 Å². The van der Waals surface area contributed by atoms with Gasteiger partial charge in [0.1, 0.15) is 5.82 Å². The minimum Gasteiger partial charge on any atom is -0.346 e. The first-order chi connectivity index (χ1) is 10.1. The van der Waals surface area contributed by atoms with Crippen LogP contribution in [0.3, 0.4) is 0 Å². The second kappa shape index (κ2) is 6.18. The van der Waals surface area contributed by atoms with E-state index in [9.17, 15) is 4.79 Å². The fourth-order valence-electron chi connectivity index (χ4n) is 3.75. The number of H-pyrrole nitrogens is 1. The summed E-state index contributed by atoms with van der Waals surface area (Å²) in [5.74, 6) is 1.91. The summed E-state index contributed by atoms with van der Waals surface area (Å²) in [5, 5.41) is 0. The third kappa shape index (κ3) is 3.28. The lowest BCUT2D eigenvalue weighted by Gasteiger charge is -2.41. The Kier molecular flexibility index (Phi) is 4.29. The molecule has 116 valence electrons. The summed E-state index contributed by atoms with van der Waals surface area (Å²) in [7, 11) is 0. The molecule has 0 bridgehead atoms. The lowest BCUT2D eigenvalue weighted by Crippen LogP contribution is -2.49. The van der Waals surface area contributed by atoms with Crippen molar-refractivity contribution in [2.75, 3.05) is 26.2 Å². The molecule has 1 unspecified atom stereocenters. The first kappa shape index (κ1) is 14.6. The van der Waals surface area contributed by atoms with E-state index in [1.54, 1.807) is 6.92 Å². The summed E-state index contributed by atoms with van der Waals surface area (Å²) in [4.78, 5) is 23.9. The Morgan fingerprint density at radius 3 is 2.67 bits per heavy atom. The second-order valence-corrected chi connectivity index (χ2v) is 6.52. The zero-order valence-electron chi connectivity index (χ0n) is 13.1. The highest BCUT2D eigenvalue weighted by Gasteiger charge is 2.30. The van der Waals surface area contributed by atoms with E-state index in [0.29, 0.717) is 12.0 Å². The second-order valence-electron chi connectivity index (χ2n) is 6.52. The molecule has 3 heterocycles. The predicted molar refractivity (Wildman–Crippen MR) is 82.1 cm³/mol. The number of imidazole rings is 1. The average molecular weight is 290 g/mol. The normalized spacial score (nSPS) is 25.2. The Balaban J connectivity index is 1.58. The number of rotatable bonds is 2. The maximum Gasteiger partial charge on any atom is 0.219 e. The van der Waals surface area contributed by atoms with Gasteiger partial charge in [0.2, 0.25) is 5.91 Å². The molecule has 0 spiro atoms. The molecule has 1 aromatic heterocycles. The van der Waals surface area contributed by atoms with Crippen LogP contribution in [0.2, 0.25) is 0 Å². The molecule has 2 saturated heterocycles. The van der Waals surface area contributed by atoms with E-state index in [1.807, 2.05) is 11.1 Å². The molecule has 2 aliphatic rings. The van der Waals surface area contributed by atoms with Crippen LogP contribution in [0.1, 0.15) is 50.0 Å². The number of nitrogens with one attached hydrogen (secondary N) is 1. The minimum atomic E-state index is 0.219. The molecular formula is C16H26N4O. The highest BCUT2D eigenvalue weighted by Crippen LogP contribution is 2.28. The molecule has 0 aliphatic carbocycles.